The number of amides is 1. The first kappa shape index (κ1) is 18.2. The lowest BCUT2D eigenvalue weighted by Crippen LogP contribution is -2.86. The van der Waals surface area contributed by atoms with Crippen molar-refractivity contribution in [1.29, 1.82) is 0 Å². The van der Waals surface area contributed by atoms with Crippen molar-refractivity contribution in [2.45, 2.75) is 33.7 Å². The number of nitrogens with two attached hydrogens (primary N) is 1. The lowest BCUT2D eigenvalue weighted by molar-refractivity contribution is -0.684. The van der Waals surface area contributed by atoms with Crippen LogP contribution in [0.4, 0.5) is 5.00 Å². The van der Waals surface area contributed by atoms with Gasteiger partial charge in [0.2, 0.25) is 0 Å². The van der Waals surface area contributed by atoms with E-state index in [4.69, 9.17) is 9.15 Å². The SMILES string of the molecule is CCOC(=O)c1c(NC(=O)C[NH2+][C@H](C)c2ccco2)sc(C)c1C. The molecule has 0 radical (unpaired) electrons. The third kappa shape index (κ3) is 4.24. The predicted molar refractivity (Wildman–Crippen MR) is 92.3 cm³/mol. The highest BCUT2D eigenvalue weighted by Crippen LogP contribution is 2.32. The van der Waals surface area contributed by atoms with Gasteiger partial charge in [-0.3, -0.25) is 4.79 Å². The Morgan fingerprint density at radius 3 is 2.79 bits per heavy atom. The summed E-state index contributed by atoms with van der Waals surface area (Å²) in [5, 5.41) is 5.26. The Morgan fingerprint density at radius 2 is 2.17 bits per heavy atom. The number of aryl methyl sites for hydroxylation is 1. The number of nitrogens with one attached hydrogen (secondary N) is 1. The normalized spacial score (nSPS) is 12.0. The number of rotatable bonds is 7. The minimum Gasteiger partial charge on any atom is -0.463 e. The molecule has 0 aliphatic heterocycles. The highest BCUT2D eigenvalue weighted by atomic mass is 32.1. The second-order valence-electron chi connectivity index (χ2n) is 5.50. The molecule has 0 saturated heterocycles. The van der Waals surface area contributed by atoms with Crippen molar-refractivity contribution in [1.82, 2.24) is 0 Å². The van der Waals surface area contributed by atoms with Crippen molar-refractivity contribution in [3.63, 3.8) is 0 Å². The van der Waals surface area contributed by atoms with Crippen LogP contribution in [-0.4, -0.2) is 25.0 Å². The number of furan rings is 1. The van der Waals surface area contributed by atoms with Crippen LogP contribution in [0.5, 0.6) is 0 Å². The number of quaternary nitrogens is 1. The van der Waals surface area contributed by atoms with Crippen LogP contribution in [0.25, 0.3) is 0 Å². The minimum atomic E-state index is -0.400. The van der Waals surface area contributed by atoms with Gasteiger partial charge in [0.15, 0.2) is 12.3 Å². The van der Waals surface area contributed by atoms with Crippen LogP contribution in [0.15, 0.2) is 22.8 Å². The van der Waals surface area contributed by atoms with Gasteiger partial charge in [0.25, 0.3) is 5.91 Å². The highest BCUT2D eigenvalue weighted by Gasteiger charge is 2.23. The lowest BCUT2D eigenvalue weighted by atomic mass is 10.1. The second-order valence-corrected chi connectivity index (χ2v) is 6.72. The summed E-state index contributed by atoms with van der Waals surface area (Å²) in [6.07, 6.45) is 1.61. The molecular formula is C17H23N2O4S+. The van der Waals surface area contributed by atoms with Gasteiger partial charge in [-0.25, -0.2) is 4.79 Å². The fourth-order valence-corrected chi connectivity index (χ4v) is 3.36. The molecule has 0 aliphatic carbocycles. The van der Waals surface area contributed by atoms with Gasteiger partial charge < -0.3 is 19.8 Å². The minimum absolute atomic E-state index is 0.0436. The van der Waals surface area contributed by atoms with Crippen molar-refractivity contribution >= 4 is 28.2 Å². The molecule has 0 spiro atoms. The summed E-state index contributed by atoms with van der Waals surface area (Å²) in [6.45, 7) is 8.04. The third-order valence-corrected chi connectivity index (χ3v) is 4.89. The number of thiophene rings is 1. The van der Waals surface area contributed by atoms with Gasteiger partial charge in [-0.1, -0.05) is 0 Å². The van der Waals surface area contributed by atoms with E-state index in [1.807, 2.05) is 38.2 Å². The molecule has 2 heterocycles. The van der Waals surface area contributed by atoms with E-state index >= 15 is 0 Å². The first-order valence-electron chi connectivity index (χ1n) is 7.87. The van der Waals surface area contributed by atoms with Gasteiger partial charge >= 0.3 is 5.97 Å². The van der Waals surface area contributed by atoms with Crippen LogP contribution in [0.1, 0.15) is 46.4 Å². The zero-order valence-electron chi connectivity index (χ0n) is 14.3. The average molecular weight is 351 g/mol. The van der Waals surface area contributed by atoms with Crippen LogP contribution >= 0.6 is 11.3 Å². The number of ether oxygens (including phenoxy) is 1. The Kier molecular flexibility index (Phi) is 6.16. The predicted octanol–water partition coefficient (Wildman–Crippen LogP) is 2.40. The largest absolute Gasteiger partial charge is 0.463 e. The van der Waals surface area contributed by atoms with Crippen molar-refractivity contribution in [3.05, 3.63) is 40.2 Å². The van der Waals surface area contributed by atoms with Crippen molar-refractivity contribution in [2.24, 2.45) is 0 Å². The van der Waals surface area contributed by atoms with E-state index < -0.39 is 5.97 Å². The Bertz CT molecular complexity index is 706. The van der Waals surface area contributed by atoms with Gasteiger partial charge in [0, 0.05) is 4.88 Å². The zero-order valence-corrected chi connectivity index (χ0v) is 15.2. The second kappa shape index (κ2) is 8.12. The van der Waals surface area contributed by atoms with E-state index in [9.17, 15) is 9.59 Å². The first-order valence-corrected chi connectivity index (χ1v) is 8.69. The lowest BCUT2D eigenvalue weighted by Gasteiger charge is -2.09. The first-order chi connectivity index (χ1) is 11.4. The summed E-state index contributed by atoms with van der Waals surface area (Å²) < 4.78 is 10.4. The number of carbonyl (C=O) groups is 2. The van der Waals surface area contributed by atoms with E-state index in [1.165, 1.54) is 11.3 Å². The molecule has 0 aromatic carbocycles. The fourth-order valence-electron chi connectivity index (χ4n) is 2.29. The summed E-state index contributed by atoms with van der Waals surface area (Å²) >= 11 is 1.39. The van der Waals surface area contributed by atoms with Gasteiger partial charge in [0.05, 0.1) is 18.4 Å². The number of hydrogen-bond donors (Lipinski definition) is 2. The average Bonchev–Trinajstić information content (AvgIpc) is 3.15. The van der Waals surface area contributed by atoms with Gasteiger partial charge in [-0.15, -0.1) is 11.3 Å². The summed E-state index contributed by atoms with van der Waals surface area (Å²) in [5.74, 6) is 0.251. The molecule has 2 aromatic heterocycles. The zero-order chi connectivity index (χ0) is 17.7. The Morgan fingerprint density at radius 1 is 1.42 bits per heavy atom. The summed E-state index contributed by atoms with van der Waals surface area (Å²) in [6, 6.07) is 3.74. The molecule has 3 N–H and O–H groups in total. The van der Waals surface area contributed by atoms with Gasteiger partial charge in [-0.05, 0) is 45.4 Å². The van der Waals surface area contributed by atoms with Gasteiger partial charge in [-0.2, -0.15) is 0 Å². The maximum atomic E-state index is 12.2. The topological polar surface area (TPSA) is 85.1 Å². The van der Waals surface area contributed by atoms with Crippen LogP contribution in [-0.2, 0) is 9.53 Å². The molecule has 0 unspecified atom stereocenters. The van der Waals surface area contributed by atoms with E-state index in [2.05, 4.69) is 5.32 Å². The molecule has 1 amide bonds. The third-order valence-electron chi connectivity index (χ3n) is 3.77. The van der Waals surface area contributed by atoms with Crippen LogP contribution in [0.3, 0.4) is 0 Å². The summed E-state index contributed by atoms with van der Waals surface area (Å²) in [7, 11) is 0. The number of anilines is 1. The molecule has 2 aromatic rings. The Balaban J connectivity index is 2.01. The monoisotopic (exact) mass is 351 g/mol. The molecular weight excluding hydrogens is 328 g/mol. The molecule has 0 bridgehead atoms. The summed E-state index contributed by atoms with van der Waals surface area (Å²) in [5.41, 5.74) is 1.30. The van der Waals surface area contributed by atoms with E-state index in [0.717, 1.165) is 16.2 Å². The Hall–Kier alpha value is -2.12. The van der Waals surface area contributed by atoms with Gasteiger partial charge in [0.1, 0.15) is 11.0 Å². The van der Waals surface area contributed by atoms with E-state index in [-0.39, 0.29) is 18.5 Å². The maximum absolute atomic E-state index is 12.2. The Labute approximate surface area is 145 Å². The van der Waals surface area contributed by atoms with E-state index in [0.29, 0.717) is 17.2 Å². The molecule has 130 valence electrons. The molecule has 24 heavy (non-hydrogen) atoms. The fraction of sp³-hybridized carbons (Fsp3) is 0.412. The maximum Gasteiger partial charge on any atom is 0.341 e. The molecule has 7 heteroatoms. The van der Waals surface area contributed by atoms with Crippen molar-refractivity contribution < 1.29 is 24.1 Å². The van der Waals surface area contributed by atoms with Crippen LogP contribution < -0.4 is 10.6 Å². The van der Waals surface area contributed by atoms with Crippen LogP contribution in [0, 0.1) is 13.8 Å². The number of hydrogen-bond acceptors (Lipinski definition) is 5. The van der Waals surface area contributed by atoms with Crippen LogP contribution in [0.2, 0.25) is 0 Å². The highest BCUT2D eigenvalue weighted by molar-refractivity contribution is 7.16. The molecule has 1 atom stereocenters. The molecule has 2 rings (SSSR count). The van der Waals surface area contributed by atoms with E-state index in [1.54, 1.807) is 13.2 Å². The molecule has 0 aliphatic rings. The summed E-state index contributed by atoms with van der Waals surface area (Å²) in [4.78, 5) is 25.3. The van der Waals surface area contributed by atoms with Crippen molar-refractivity contribution in [3.8, 4) is 0 Å². The van der Waals surface area contributed by atoms with Crippen molar-refractivity contribution in [2.75, 3.05) is 18.5 Å². The standard InChI is InChI=1S/C17H22N2O4S/c1-5-22-17(21)15-10(2)12(4)24-16(15)19-14(20)9-18-11(3)13-7-6-8-23-13/h6-8,11,18H,5,9H2,1-4H3,(H,19,20)/p+1/t11-/m1/s1. The molecule has 0 saturated carbocycles. The molecule has 0 fully saturated rings. The number of carbonyl (C=O) groups excluding carboxylic acids is 2. The number of esters is 1. The quantitative estimate of drug-likeness (QED) is 0.750. The molecule has 6 nitrogen and oxygen atoms in total. The smallest absolute Gasteiger partial charge is 0.341 e.